The lowest BCUT2D eigenvalue weighted by Crippen LogP contribution is -2.35. The van der Waals surface area contributed by atoms with Crippen LogP contribution in [0.1, 0.15) is 18.9 Å². The monoisotopic (exact) mass is 271 g/mol. The predicted molar refractivity (Wildman–Crippen MR) is 69.5 cm³/mol. The Bertz CT molecular complexity index is 515. The molecule has 1 aliphatic rings. The Morgan fingerprint density at radius 3 is 2.67 bits per heavy atom. The zero-order valence-corrected chi connectivity index (χ0v) is 11.3. The molecule has 18 heavy (non-hydrogen) atoms. The molecule has 0 N–H and O–H groups in total. The molecule has 0 amide bonds. The van der Waals surface area contributed by atoms with E-state index in [0.717, 1.165) is 6.54 Å². The van der Waals surface area contributed by atoms with E-state index in [1.807, 2.05) is 11.8 Å². The zero-order valence-electron chi connectivity index (χ0n) is 10.5. The summed E-state index contributed by atoms with van der Waals surface area (Å²) in [5.41, 5.74) is 0.628. The highest BCUT2D eigenvalue weighted by atomic mass is 32.2. The van der Waals surface area contributed by atoms with Gasteiger partial charge in [0.25, 0.3) is 0 Å². The molecule has 1 aromatic carbocycles. The Morgan fingerprint density at radius 2 is 2.11 bits per heavy atom. The van der Waals surface area contributed by atoms with Crippen LogP contribution < -0.4 is 0 Å². The fourth-order valence-corrected chi connectivity index (χ4v) is 4.17. The molecule has 0 radical (unpaired) electrons. The van der Waals surface area contributed by atoms with E-state index in [9.17, 15) is 12.8 Å². The molecule has 0 spiro atoms. The number of hydrogen-bond donors (Lipinski definition) is 0. The average molecular weight is 271 g/mol. The zero-order chi connectivity index (χ0) is 13.2. The summed E-state index contributed by atoms with van der Waals surface area (Å²) < 4.78 is 36.5. The van der Waals surface area contributed by atoms with Crippen molar-refractivity contribution >= 4 is 9.84 Å². The Labute approximate surface area is 108 Å². The minimum atomic E-state index is -2.89. The van der Waals surface area contributed by atoms with Gasteiger partial charge in [0.15, 0.2) is 9.84 Å². The first kappa shape index (κ1) is 13.5. The standard InChI is InChI=1S/C13H18FNO2S/c1-2-15(12-7-8-18(16,17)10-12)9-11-5-3-4-6-13(11)14/h3-6,12H,2,7-10H2,1H3/t12-/m1/s1. The predicted octanol–water partition coefficient (Wildman–Crippen LogP) is 1.83. The molecular weight excluding hydrogens is 253 g/mol. The normalized spacial score (nSPS) is 22.5. The average Bonchev–Trinajstić information content (AvgIpc) is 2.68. The van der Waals surface area contributed by atoms with Gasteiger partial charge < -0.3 is 0 Å². The molecule has 0 unspecified atom stereocenters. The molecule has 2 rings (SSSR count). The summed E-state index contributed by atoms with van der Waals surface area (Å²) in [5.74, 6) is 0.234. The first-order chi connectivity index (χ1) is 8.52. The summed E-state index contributed by atoms with van der Waals surface area (Å²) in [6.07, 6.45) is 0.657. The molecule has 0 aliphatic carbocycles. The van der Waals surface area contributed by atoms with Crippen molar-refractivity contribution in [3.05, 3.63) is 35.6 Å². The second kappa shape index (κ2) is 5.36. The molecule has 5 heteroatoms. The maximum atomic E-state index is 13.6. The molecule has 0 bridgehead atoms. The SMILES string of the molecule is CCN(Cc1ccccc1F)[C@@H]1CCS(=O)(=O)C1. The minimum Gasteiger partial charge on any atom is -0.295 e. The maximum absolute atomic E-state index is 13.6. The van der Waals surface area contributed by atoms with E-state index in [2.05, 4.69) is 0 Å². The Balaban J connectivity index is 2.09. The number of sulfone groups is 1. The fraction of sp³-hybridized carbons (Fsp3) is 0.538. The van der Waals surface area contributed by atoms with Gasteiger partial charge in [0.2, 0.25) is 0 Å². The summed E-state index contributed by atoms with van der Waals surface area (Å²) in [7, 11) is -2.89. The molecule has 1 saturated heterocycles. The van der Waals surface area contributed by atoms with Crippen LogP contribution in [0.15, 0.2) is 24.3 Å². The van der Waals surface area contributed by atoms with Crippen molar-refractivity contribution in [1.29, 1.82) is 0 Å². The molecule has 100 valence electrons. The molecule has 1 aliphatic heterocycles. The molecule has 1 aromatic rings. The maximum Gasteiger partial charge on any atom is 0.151 e. The summed E-state index contributed by atoms with van der Waals surface area (Å²) in [4.78, 5) is 2.04. The molecule has 1 atom stereocenters. The number of benzene rings is 1. The van der Waals surface area contributed by atoms with Crippen molar-refractivity contribution in [3.8, 4) is 0 Å². The van der Waals surface area contributed by atoms with E-state index < -0.39 is 9.84 Å². The van der Waals surface area contributed by atoms with Crippen molar-refractivity contribution in [2.45, 2.75) is 25.9 Å². The van der Waals surface area contributed by atoms with Crippen molar-refractivity contribution in [2.24, 2.45) is 0 Å². The van der Waals surface area contributed by atoms with Gasteiger partial charge in [-0.1, -0.05) is 25.1 Å². The largest absolute Gasteiger partial charge is 0.295 e. The van der Waals surface area contributed by atoms with Gasteiger partial charge in [-0.25, -0.2) is 12.8 Å². The molecule has 1 fully saturated rings. The van der Waals surface area contributed by atoms with Crippen LogP contribution in [0.25, 0.3) is 0 Å². The lowest BCUT2D eigenvalue weighted by atomic mass is 10.1. The highest BCUT2D eigenvalue weighted by Crippen LogP contribution is 2.20. The van der Waals surface area contributed by atoms with Gasteiger partial charge >= 0.3 is 0 Å². The van der Waals surface area contributed by atoms with Crippen LogP contribution in [0.5, 0.6) is 0 Å². The van der Waals surface area contributed by atoms with E-state index in [4.69, 9.17) is 0 Å². The van der Waals surface area contributed by atoms with Gasteiger partial charge in [-0.2, -0.15) is 0 Å². The highest BCUT2D eigenvalue weighted by molar-refractivity contribution is 7.91. The van der Waals surface area contributed by atoms with Gasteiger partial charge in [0.05, 0.1) is 11.5 Å². The quantitative estimate of drug-likeness (QED) is 0.838. The minimum absolute atomic E-state index is 0.0274. The second-order valence-corrected chi connectivity index (χ2v) is 6.94. The number of nitrogens with zero attached hydrogens (tertiary/aromatic N) is 1. The molecular formula is C13H18FNO2S. The molecule has 3 nitrogen and oxygen atoms in total. The Morgan fingerprint density at radius 1 is 1.39 bits per heavy atom. The molecule has 1 heterocycles. The van der Waals surface area contributed by atoms with Crippen molar-refractivity contribution < 1.29 is 12.8 Å². The van der Waals surface area contributed by atoms with Crippen molar-refractivity contribution in [3.63, 3.8) is 0 Å². The Kier molecular flexibility index (Phi) is 4.02. The van der Waals surface area contributed by atoms with Crippen LogP contribution in [0.2, 0.25) is 0 Å². The van der Waals surface area contributed by atoms with E-state index in [-0.39, 0.29) is 23.4 Å². The number of halogens is 1. The van der Waals surface area contributed by atoms with Crippen LogP contribution in [0, 0.1) is 5.82 Å². The second-order valence-electron chi connectivity index (χ2n) is 4.71. The van der Waals surface area contributed by atoms with Crippen LogP contribution in [-0.4, -0.2) is 37.4 Å². The summed E-state index contributed by atoms with van der Waals surface area (Å²) in [6.45, 7) is 3.18. The van der Waals surface area contributed by atoms with E-state index in [1.165, 1.54) is 6.07 Å². The van der Waals surface area contributed by atoms with Gasteiger partial charge in [0.1, 0.15) is 5.82 Å². The van der Waals surface area contributed by atoms with Crippen molar-refractivity contribution in [1.82, 2.24) is 4.90 Å². The van der Waals surface area contributed by atoms with Crippen LogP contribution in [0.4, 0.5) is 4.39 Å². The number of rotatable bonds is 4. The third kappa shape index (κ3) is 3.09. The van der Waals surface area contributed by atoms with Gasteiger partial charge in [0, 0.05) is 18.2 Å². The first-order valence-corrected chi connectivity index (χ1v) is 8.02. The van der Waals surface area contributed by atoms with Crippen LogP contribution in [-0.2, 0) is 16.4 Å². The van der Waals surface area contributed by atoms with Gasteiger partial charge in [-0.15, -0.1) is 0 Å². The van der Waals surface area contributed by atoms with Crippen LogP contribution in [0.3, 0.4) is 0 Å². The highest BCUT2D eigenvalue weighted by Gasteiger charge is 2.31. The van der Waals surface area contributed by atoms with Crippen LogP contribution >= 0.6 is 0 Å². The van der Waals surface area contributed by atoms with E-state index in [1.54, 1.807) is 18.2 Å². The van der Waals surface area contributed by atoms with E-state index in [0.29, 0.717) is 18.5 Å². The van der Waals surface area contributed by atoms with Gasteiger partial charge in [-0.3, -0.25) is 4.90 Å². The lowest BCUT2D eigenvalue weighted by molar-refractivity contribution is 0.212. The smallest absolute Gasteiger partial charge is 0.151 e. The first-order valence-electron chi connectivity index (χ1n) is 6.19. The fourth-order valence-electron chi connectivity index (χ4n) is 2.41. The summed E-state index contributed by atoms with van der Waals surface area (Å²) in [5, 5.41) is 0. The molecule has 0 saturated carbocycles. The Hall–Kier alpha value is -0.940. The third-order valence-corrected chi connectivity index (χ3v) is 5.21. The van der Waals surface area contributed by atoms with Gasteiger partial charge in [-0.05, 0) is 19.0 Å². The van der Waals surface area contributed by atoms with Crippen molar-refractivity contribution in [2.75, 3.05) is 18.1 Å². The van der Waals surface area contributed by atoms with E-state index >= 15 is 0 Å². The molecule has 0 aromatic heterocycles. The summed E-state index contributed by atoms with van der Waals surface area (Å²) in [6, 6.07) is 6.68. The topological polar surface area (TPSA) is 37.4 Å². The lowest BCUT2D eigenvalue weighted by Gasteiger charge is -2.26. The number of hydrogen-bond acceptors (Lipinski definition) is 3. The third-order valence-electron chi connectivity index (χ3n) is 3.46. The summed E-state index contributed by atoms with van der Waals surface area (Å²) >= 11 is 0.